The fourth-order valence-corrected chi connectivity index (χ4v) is 3.01. The fourth-order valence-electron chi connectivity index (χ4n) is 3.01. The zero-order valence-corrected chi connectivity index (χ0v) is 16.8. The normalized spacial score (nSPS) is 14.9. The number of methoxy groups -OCH3 is 1. The summed E-state index contributed by atoms with van der Waals surface area (Å²) >= 11 is 0. The maximum absolute atomic E-state index is 11.7. The lowest BCUT2D eigenvalue weighted by molar-refractivity contribution is -0.120. The highest BCUT2D eigenvalue weighted by Crippen LogP contribution is 2.20. The van der Waals surface area contributed by atoms with Crippen LogP contribution in [0.4, 0.5) is 5.69 Å². The number of carbonyl (C=O) groups excluding carboxylic acids is 1. The van der Waals surface area contributed by atoms with E-state index < -0.39 is 0 Å². The average molecular weight is 376 g/mol. The van der Waals surface area contributed by atoms with Crippen LogP contribution in [0.5, 0.6) is 5.75 Å². The van der Waals surface area contributed by atoms with E-state index in [1.807, 2.05) is 19.1 Å². The minimum Gasteiger partial charge on any atom is -0.497 e. The van der Waals surface area contributed by atoms with Gasteiger partial charge in [0, 0.05) is 51.4 Å². The number of benzene rings is 1. The lowest BCUT2D eigenvalue weighted by Gasteiger charge is -2.37. The number of hydrogen-bond donors (Lipinski definition) is 2. The van der Waals surface area contributed by atoms with Crippen LogP contribution in [0.25, 0.3) is 0 Å². The van der Waals surface area contributed by atoms with Crippen LogP contribution in [0.15, 0.2) is 29.3 Å². The van der Waals surface area contributed by atoms with Crippen molar-refractivity contribution < 1.29 is 9.53 Å². The van der Waals surface area contributed by atoms with Gasteiger partial charge in [-0.05, 0) is 37.6 Å². The van der Waals surface area contributed by atoms with Crippen LogP contribution in [0.3, 0.4) is 0 Å². The predicted octanol–water partition coefficient (Wildman–Crippen LogP) is 1.70. The third-order valence-electron chi connectivity index (χ3n) is 4.52. The second kappa shape index (κ2) is 11.3. The smallest absolute Gasteiger partial charge is 0.221 e. The maximum Gasteiger partial charge on any atom is 0.221 e. The molecule has 0 atom stereocenters. The Morgan fingerprint density at radius 2 is 1.81 bits per heavy atom. The number of hydrogen-bond acceptors (Lipinski definition) is 4. The second-order valence-corrected chi connectivity index (χ2v) is 6.51. The van der Waals surface area contributed by atoms with E-state index in [0.717, 1.165) is 57.4 Å². The molecule has 2 rings (SSSR count). The molecule has 1 fully saturated rings. The van der Waals surface area contributed by atoms with Crippen molar-refractivity contribution in [1.29, 1.82) is 0 Å². The summed E-state index contributed by atoms with van der Waals surface area (Å²) in [6, 6.07) is 8.19. The van der Waals surface area contributed by atoms with Crippen LogP contribution in [-0.4, -0.2) is 69.7 Å². The van der Waals surface area contributed by atoms with Gasteiger partial charge in [0.05, 0.1) is 13.7 Å². The van der Waals surface area contributed by atoms with Crippen molar-refractivity contribution >= 4 is 17.6 Å². The number of nitrogens with zero attached hydrogens (tertiary/aromatic N) is 3. The number of ether oxygens (including phenoxy) is 1. The van der Waals surface area contributed by atoms with Gasteiger partial charge in [-0.3, -0.25) is 9.79 Å². The average Bonchev–Trinajstić information content (AvgIpc) is 2.72. The summed E-state index contributed by atoms with van der Waals surface area (Å²) < 4.78 is 5.23. The fraction of sp³-hybridized carbons (Fsp3) is 0.600. The van der Waals surface area contributed by atoms with Gasteiger partial charge in [-0.15, -0.1) is 0 Å². The van der Waals surface area contributed by atoms with Gasteiger partial charge in [0.1, 0.15) is 5.75 Å². The van der Waals surface area contributed by atoms with Crippen molar-refractivity contribution in [3.05, 3.63) is 24.3 Å². The van der Waals surface area contributed by atoms with E-state index in [1.165, 1.54) is 5.69 Å². The molecule has 27 heavy (non-hydrogen) atoms. The van der Waals surface area contributed by atoms with Crippen molar-refractivity contribution in [2.45, 2.75) is 26.7 Å². The number of nitrogens with one attached hydrogen (secondary N) is 2. The lowest BCUT2D eigenvalue weighted by atomic mass is 10.2. The summed E-state index contributed by atoms with van der Waals surface area (Å²) in [7, 11) is 1.68. The van der Waals surface area contributed by atoms with Crippen LogP contribution in [0, 0.1) is 0 Å². The monoisotopic (exact) mass is 375 g/mol. The molecule has 0 unspecified atom stereocenters. The predicted molar refractivity (Wildman–Crippen MR) is 111 cm³/mol. The molecule has 7 nitrogen and oxygen atoms in total. The Labute approximate surface area is 162 Å². The molecule has 2 N–H and O–H groups in total. The molecule has 1 aromatic carbocycles. The van der Waals surface area contributed by atoms with Crippen molar-refractivity contribution in [3.63, 3.8) is 0 Å². The van der Waals surface area contributed by atoms with Crippen LogP contribution in [-0.2, 0) is 4.79 Å². The largest absolute Gasteiger partial charge is 0.497 e. The molecular weight excluding hydrogens is 342 g/mol. The zero-order valence-electron chi connectivity index (χ0n) is 16.8. The number of anilines is 1. The molecule has 0 spiro atoms. The van der Waals surface area contributed by atoms with Crippen LogP contribution in [0.1, 0.15) is 26.7 Å². The molecule has 0 saturated carbocycles. The van der Waals surface area contributed by atoms with Crippen molar-refractivity contribution in [1.82, 2.24) is 15.5 Å². The first-order chi connectivity index (χ1) is 13.2. The quantitative estimate of drug-likeness (QED) is 0.535. The van der Waals surface area contributed by atoms with Gasteiger partial charge in [0.2, 0.25) is 5.91 Å². The second-order valence-electron chi connectivity index (χ2n) is 6.51. The Balaban J connectivity index is 1.86. The highest BCUT2D eigenvalue weighted by atomic mass is 16.5. The summed E-state index contributed by atoms with van der Waals surface area (Å²) in [5.74, 6) is 1.85. The molecule has 1 saturated heterocycles. The van der Waals surface area contributed by atoms with Gasteiger partial charge >= 0.3 is 0 Å². The third kappa shape index (κ3) is 6.66. The molecule has 0 aromatic heterocycles. The van der Waals surface area contributed by atoms with Crippen LogP contribution in [0.2, 0.25) is 0 Å². The molecule has 1 amide bonds. The SMILES string of the molecule is CCCNC(=O)CCN=C(NCC)N1CCN(c2ccc(OC)cc2)CC1. The van der Waals surface area contributed by atoms with Gasteiger partial charge in [-0.1, -0.05) is 6.92 Å². The first-order valence-corrected chi connectivity index (χ1v) is 9.86. The van der Waals surface area contributed by atoms with Crippen LogP contribution >= 0.6 is 0 Å². The molecule has 1 aliphatic rings. The Morgan fingerprint density at radius 3 is 2.41 bits per heavy atom. The molecule has 0 bridgehead atoms. The molecular formula is C20H33N5O2. The maximum atomic E-state index is 11.7. The van der Waals surface area contributed by atoms with E-state index in [2.05, 4.69) is 44.5 Å². The zero-order chi connectivity index (χ0) is 19.5. The number of piperazine rings is 1. The number of rotatable bonds is 8. The van der Waals surface area contributed by atoms with Gasteiger partial charge in [0.25, 0.3) is 0 Å². The summed E-state index contributed by atoms with van der Waals surface area (Å²) in [4.78, 5) is 21.0. The number of amides is 1. The van der Waals surface area contributed by atoms with E-state index in [-0.39, 0.29) is 5.91 Å². The first kappa shape index (κ1) is 20.9. The van der Waals surface area contributed by atoms with E-state index in [4.69, 9.17) is 4.74 Å². The Morgan fingerprint density at radius 1 is 1.11 bits per heavy atom. The number of carbonyl (C=O) groups is 1. The van der Waals surface area contributed by atoms with Gasteiger partial charge in [-0.25, -0.2) is 0 Å². The van der Waals surface area contributed by atoms with E-state index >= 15 is 0 Å². The summed E-state index contributed by atoms with van der Waals surface area (Å²) in [5, 5.41) is 6.24. The van der Waals surface area contributed by atoms with Crippen molar-refractivity contribution in [3.8, 4) is 5.75 Å². The highest BCUT2D eigenvalue weighted by molar-refractivity contribution is 5.81. The lowest BCUT2D eigenvalue weighted by Crippen LogP contribution is -2.52. The minimum atomic E-state index is 0.0702. The third-order valence-corrected chi connectivity index (χ3v) is 4.52. The summed E-state index contributed by atoms with van der Waals surface area (Å²) in [6.45, 7) is 9.86. The van der Waals surface area contributed by atoms with E-state index in [0.29, 0.717) is 13.0 Å². The Kier molecular flexibility index (Phi) is 8.74. The molecule has 0 radical (unpaired) electrons. The Hall–Kier alpha value is -2.44. The number of aliphatic imine (C=N–C) groups is 1. The molecule has 1 heterocycles. The molecule has 1 aliphatic heterocycles. The number of guanidine groups is 1. The minimum absolute atomic E-state index is 0.0702. The van der Waals surface area contributed by atoms with Crippen LogP contribution < -0.4 is 20.3 Å². The first-order valence-electron chi connectivity index (χ1n) is 9.86. The van der Waals surface area contributed by atoms with Gasteiger partial charge in [0.15, 0.2) is 5.96 Å². The molecule has 150 valence electrons. The van der Waals surface area contributed by atoms with Gasteiger partial charge in [-0.2, -0.15) is 0 Å². The standard InChI is InChI=1S/C20H33N5O2/c1-4-11-22-19(26)10-12-23-20(21-5-2)25-15-13-24(14-16-25)17-6-8-18(27-3)9-7-17/h6-9H,4-5,10-16H2,1-3H3,(H,21,23)(H,22,26). The molecule has 0 aliphatic carbocycles. The van der Waals surface area contributed by atoms with E-state index in [9.17, 15) is 4.79 Å². The van der Waals surface area contributed by atoms with Crippen molar-refractivity contribution in [2.75, 3.05) is 57.8 Å². The highest BCUT2D eigenvalue weighted by Gasteiger charge is 2.19. The molecule has 1 aromatic rings. The summed E-state index contributed by atoms with van der Waals surface area (Å²) in [6.07, 6.45) is 1.39. The Bertz CT molecular complexity index is 595. The topological polar surface area (TPSA) is 69.2 Å². The van der Waals surface area contributed by atoms with Gasteiger partial charge < -0.3 is 25.2 Å². The van der Waals surface area contributed by atoms with Crippen molar-refractivity contribution in [2.24, 2.45) is 4.99 Å². The molecule has 7 heteroatoms. The van der Waals surface area contributed by atoms with E-state index in [1.54, 1.807) is 7.11 Å². The summed E-state index contributed by atoms with van der Waals surface area (Å²) in [5.41, 5.74) is 1.21.